The van der Waals surface area contributed by atoms with E-state index >= 15 is 0 Å². The number of cyclic esters (lactones) is 1. The van der Waals surface area contributed by atoms with Gasteiger partial charge in [0.25, 0.3) is 0 Å². The topological polar surface area (TPSA) is 84.2 Å². The molecular formula is C13H11NO4. The van der Waals surface area contributed by atoms with E-state index in [1.165, 1.54) is 12.2 Å². The Morgan fingerprint density at radius 2 is 2.06 bits per heavy atom. The highest BCUT2D eigenvalue weighted by atomic mass is 16.6. The SMILES string of the molecule is CC1=C(C#N)C(=O)O[C@]1(C)[C@H]1CC(=O)C=CC1=O. The summed E-state index contributed by atoms with van der Waals surface area (Å²) in [6.07, 6.45) is 2.42. The van der Waals surface area contributed by atoms with Crippen molar-refractivity contribution in [1.29, 1.82) is 5.26 Å². The number of nitriles is 1. The average molecular weight is 245 g/mol. The van der Waals surface area contributed by atoms with Gasteiger partial charge in [-0.1, -0.05) is 0 Å². The van der Waals surface area contributed by atoms with Crippen LogP contribution in [0.2, 0.25) is 0 Å². The maximum Gasteiger partial charge on any atom is 0.349 e. The van der Waals surface area contributed by atoms with Crippen LogP contribution in [0.15, 0.2) is 23.3 Å². The molecule has 1 heterocycles. The molecule has 2 rings (SSSR count). The van der Waals surface area contributed by atoms with Gasteiger partial charge in [0.2, 0.25) is 0 Å². The van der Waals surface area contributed by atoms with Gasteiger partial charge in [-0.2, -0.15) is 5.26 Å². The van der Waals surface area contributed by atoms with Crippen LogP contribution < -0.4 is 0 Å². The Morgan fingerprint density at radius 3 is 2.61 bits per heavy atom. The largest absolute Gasteiger partial charge is 0.450 e. The van der Waals surface area contributed by atoms with Crippen LogP contribution in [0.5, 0.6) is 0 Å². The van der Waals surface area contributed by atoms with Gasteiger partial charge in [-0.3, -0.25) is 9.59 Å². The highest BCUT2D eigenvalue weighted by Crippen LogP contribution is 2.41. The lowest BCUT2D eigenvalue weighted by Crippen LogP contribution is -2.43. The van der Waals surface area contributed by atoms with Gasteiger partial charge in [0.05, 0.1) is 5.92 Å². The second-order valence-electron chi connectivity index (χ2n) is 4.57. The minimum atomic E-state index is -1.19. The lowest BCUT2D eigenvalue weighted by atomic mass is 9.75. The Labute approximate surface area is 104 Å². The van der Waals surface area contributed by atoms with Crippen molar-refractivity contribution < 1.29 is 19.1 Å². The number of esters is 1. The van der Waals surface area contributed by atoms with Crippen molar-refractivity contribution >= 4 is 17.5 Å². The fourth-order valence-electron chi connectivity index (χ4n) is 2.31. The molecule has 0 saturated heterocycles. The molecule has 0 bridgehead atoms. The van der Waals surface area contributed by atoms with Crippen molar-refractivity contribution in [2.24, 2.45) is 5.92 Å². The molecule has 92 valence electrons. The second kappa shape index (κ2) is 3.91. The Bertz CT molecular complexity index is 564. The van der Waals surface area contributed by atoms with Crippen molar-refractivity contribution in [3.8, 4) is 6.07 Å². The normalized spacial score (nSPS) is 31.6. The summed E-state index contributed by atoms with van der Waals surface area (Å²) in [4.78, 5) is 34.8. The molecule has 0 aromatic carbocycles. The molecule has 18 heavy (non-hydrogen) atoms. The summed E-state index contributed by atoms with van der Waals surface area (Å²) >= 11 is 0. The van der Waals surface area contributed by atoms with Crippen LogP contribution in [0, 0.1) is 17.2 Å². The first-order chi connectivity index (χ1) is 8.40. The molecule has 5 heteroatoms. The van der Waals surface area contributed by atoms with Crippen LogP contribution >= 0.6 is 0 Å². The van der Waals surface area contributed by atoms with Crippen molar-refractivity contribution in [1.82, 2.24) is 0 Å². The summed E-state index contributed by atoms with van der Waals surface area (Å²) in [6, 6.07) is 1.77. The zero-order valence-electron chi connectivity index (χ0n) is 10.0. The molecule has 0 amide bonds. The average Bonchev–Trinajstić information content (AvgIpc) is 2.54. The summed E-state index contributed by atoms with van der Waals surface area (Å²) < 4.78 is 5.18. The lowest BCUT2D eigenvalue weighted by Gasteiger charge is -2.33. The van der Waals surface area contributed by atoms with E-state index in [1.807, 2.05) is 0 Å². The van der Waals surface area contributed by atoms with E-state index in [0.717, 1.165) is 0 Å². The number of allylic oxidation sites excluding steroid dienone is 2. The second-order valence-corrected chi connectivity index (χ2v) is 4.57. The number of ketones is 2. The molecule has 0 unspecified atom stereocenters. The van der Waals surface area contributed by atoms with Crippen molar-refractivity contribution in [3.63, 3.8) is 0 Å². The van der Waals surface area contributed by atoms with Gasteiger partial charge in [-0.15, -0.1) is 0 Å². The number of rotatable bonds is 1. The highest BCUT2D eigenvalue weighted by Gasteiger charge is 2.50. The molecule has 0 aromatic heterocycles. The Balaban J connectivity index is 2.46. The number of hydrogen-bond donors (Lipinski definition) is 0. The fraction of sp³-hybridized carbons (Fsp3) is 0.385. The van der Waals surface area contributed by atoms with Gasteiger partial charge < -0.3 is 4.74 Å². The Hall–Kier alpha value is -2.22. The van der Waals surface area contributed by atoms with Crippen molar-refractivity contribution in [2.75, 3.05) is 0 Å². The van der Waals surface area contributed by atoms with E-state index in [9.17, 15) is 14.4 Å². The number of carbonyl (C=O) groups is 3. The molecule has 0 aromatic rings. The lowest BCUT2D eigenvalue weighted by molar-refractivity contribution is -0.153. The zero-order valence-corrected chi connectivity index (χ0v) is 10.0. The first-order valence-corrected chi connectivity index (χ1v) is 5.49. The van der Waals surface area contributed by atoms with Gasteiger partial charge in [-0.25, -0.2) is 4.79 Å². The van der Waals surface area contributed by atoms with Crippen LogP contribution in [-0.2, 0) is 19.1 Å². The molecule has 0 radical (unpaired) electrons. The summed E-state index contributed by atoms with van der Waals surface area (Å²) in [5.41, 5.74) is -0.858. The molecule has 2 aliphatic rings. The number of carbonyl (C=O) groups excluding carboxylic acids is 3. The van der Waals surface area contributed by atoms with Crippen LogP contribution in [0.25, 0.3) is 0 Å². The van der Waals surface area contributed by atoms with Gasteiger partial charge in [0.15, 0.2) is 11.6 Å². The Kier molecular flexibility index (Phi) is 2.66. The first kappa shape index (κ1) is 12.2. The molecule has 2 atom stereocenters. The van der Waals surface area contributed by atoms with Crippen LogP contribution in [0.4, 0.5) is 0 Å². The van der Waals surface area contributed by atoms with Gasteiger partial charge in [-0.05, 0) is 31.6 Å². The van der Waals surface area contributed by atoms with Gasteiger partial charge >= 0.3 is 5.97 Å². The van der Waals surface area contributed by atoms with Crippen LogP contribution in [-0.4, -0.2) is 23.1 Å². The van der Waals surface area contributed by atoms with Crippen LogP contribution in [0.1, 0.15) is 20.3 Å². The number of nitrogens with zero attached hydrogens (tertiary/aromatic N) is 1. The van der Waals surface area contributed by atoms with E-state index in [4.69, 9.17) is 10.00 Å². The third-order valence-corrected chi connectivity index (χ3v) is 3.59. The first-order valence-electron chi connectivity index (χ1n) is 5.49. The maximum absolute atomic E-state index is 11.8. The summed E-state index contributed by atoms with van der Waals surface area (Å²) in [6.45, 7) is 3.15. The third-order valence-electron chi connectivity index (χ3n) is 3.59. The van der Waals surface area contributed by atoms with E-state index in [1.54, 1.807) is 19.9 Å². The quantitative estimate of drug-likeness (QED) is 0.639. The highest BCUT2D eigenvalue weighted by molar-refractivity contribution is 6.07. The fourth-order valence-corrected chi connectivity index (χ4v) is 2.31. The molecule has 1 aliphatic carbocycles. The smallest absolute Gasteiger partial charge is 0.349 e. The molecule has 5 nitrogen and oxygen atoms in total. The van der Waals surface area contributed by atoms with E-state index < -0.39 is 17.5 Å². The number of hydrogen-bond acceptors (Lipinski definition) is 5. The summed E-state index contributed by atoms with van der Waals surface area (Å²) in [5, 5.41) is 8.88. The van der Waals surface area contributed by atoms with E-state index in [0.29, 0.717) is 5.57 Å². The predicted molar refractivity (Wildman–Crippen MR) is 60.1 cm³/mol. The molecular weight excluding hydrogens is 234 g/mol. The molecule has 0 spiro atoms. The Morgan fingerprint density at radius 1 is 1.39 bits per heavy atom. The summed E-state index contributed by atoms with van der Waals surface area (Å²) in [5.74, 6) is -1.92. The van der Waals surface area contributed by atoms with Crippen molar-refractivity contribution in [3.05, 3.63) is 23.3 Å². The van der Waals surface area contributed by atoms with Gasteiger partial charge in [0.1, 0.15) is 17.2 Å². The standard InChI is InChI=1S/C13H11NO4/c1-7-9(6-14)12(17)18-13(7,2)10-5-8(15)3-4-11(10)16/h3-4,10H,5H2,1-2H3/t10-,13-/m0/s1. The van der Waals surface area contributed by atoms with Crippen molar-refractivity contribution in [2.45, 2.75) is 25.9 Å². The number of ether oxygens (including phenoxy) is 1. The molecule has 0 saturated carbocycles. The molecule has 0 fully saturated rings. The van der Waals surface area contributed by atoms with Crippen LogP contribution in [0.3, 0.4) is 0 Å². The minimum Gasteiger partial charge on any atom is -0.450 e. The maximum atomic E-state index is 11.8. The third kappa shape index (κ3) is 1.58. The predicted octanol–water partition coefficient (Wildman–Crippen LogP) is 0.856. The molecule has 1 aliphatic heterocycles. The molecule has 0 N–H and O–H groups in total. The minimum absolute atomic E-state index is 0.00480. The zero-order chi connectivity index (χ0) is 13.5. The monoisotopic (exact) mass is 245 g/mol. The van der Waals surface area contributed by atoms with E-state index in [2.05, 4.69) is 0 Å². The summed E-state index contributed by atoms with van der Waals surface area (Å²) in [7, 11) is 0. The van der Waals surface area contributed by atoms with E-state index in [-0.39, 0.29) is 23.6 Å². The van der Waals surface area contributed by atoms with Gasteiger partial charge in [0, 0.05) is 6.42 Å².